The summed E-state index contributed by atoms with van der Waals surface area (Å²) >= 11 is 0. The average molecular weight is 1130 g/mol. The van der Waals surface area contributed by atoms with E-state index in [0.717, 1.165) is 62.2 Å². The molecule has 0 aromatic rings. The summed E-state index contributed by atoms with van der Waals surface area (Å²) < 4.78 is 10.5. The normalized spacial score (nSPS) is 24.9. The lowest BCUT2D eigenvalue weighted by Gasteiger charge is -2.50. The molecule has 81 heavy (non-hydrogen) atoms. The van der Waals surface area contributed by atoms with E-state index < -0.39 is 0 Å². The molecule has 0 aromatic carbocycles. The van der Waals surface area contributed by atoms with Crippen LogP contribution in [0, 0.1) is 136 Å². The lowest BCUT2D eigenvalue weighted by Crippen LogP contribution is -2.45. The summed E-state index contributed by atoms with van der Waals surface area (Å²) in [6.45, 7) is 45.3. The zero-order valence-electron chi connectivity index (χ0n) is 57.2. The lowest BCUT2D eigenvalue weighted by molar-refractivity contribution is 0.0390. The molecule has 12 heteroatoms. The average Bonchev–Trinajstić information content (AvgIpc) is 4.40. The van der Waals surface area contributed by atoms with Crippen LogP contribution in [0.5, 0.6) is 0 Å². The van der Waals surface area contributed by atoms with Gasteiger partial charge in [0.05, 0.1) is 74.6 Å². The SMILES string of the molecule is CC.CC.CC.CC.CC.CC.CC(C#N)C1(CC#N)CC1.CC(C#N)C1(CC#N)CCC1.CC(N)C(C)C1(CC#N)CC1.CC(N)C(C)C1(CC#N)CCC1.COC1=NC(C)C(C)C2(CC2)C1.COC1=NC(C)C(C)C2(CCC2)C1. The van der Waals surface area contributed by atoms with Crippen LogP contribution in [0.2, 0.25) is 0 Å². The van der Waals surface area contributed by atoms with Gasteiger partial charge in [-0.05, 0) is 175 Å². The lowest BCUT2D eigenvalue weighted by atomic mass is 9.57. The number of methoxy groups -OCH3 is 2. The van der Waals surface area contributed by atoms with Crippen molar-refractivity contribution in [1.82, 2.24) is 0 Å². The van der Waals surface area contributed by atoms with Crippen molar-refractivity contribution in [3.63, 3.8) is 0 Å². The third-order valence-electron chi connectivity index (χ3n) is 19.7. The smallest absolute Gasteiger partial charge is 0.183 e. The minimum atomic E-state index is 0.0518. The number of aliphatic imine (C=N–C) groups is 2. The van der Waals surface area contributed by atoms with Gasteiger partial charge in [0.25, 0.3) is 0 Å². The first kappa shape index (κ1) is 83.3. The molecule has 10 unspecified atom stereocenters. The first-order valence-corrected chi connectivity index (χ1v) is 32.6. The van der Waals surface area contributed by atoms with E-state index in [1.54, 1.807) is 14.2 Å². The van der Waals surface area contributed by atoms with E-state index in [9.17, 15) is 0 Å². The highest BCUT2D eigenvalue weighted by molar-refractivity contribution is 5.78. The first-order valence-electron chi connectivity index (χ1n) is 32.6. The molecular weight excluding hydrogens is 1000 g/mol. The summed E-state index contributed by atoms with van der Waals surface area (Å²) in [4.78, 5) is 9.07. The van der Waals surface area contributed by atoms with Gasteiger partial charge in [0.2, 0.25) is 0 Å². The van der Waals surface area contributed by atoms with Gasteiger partial charge < -0.3 is 20.9 Å². The Bertz CT molecular complexity index is 1960. The Balaban J connectivity index is -0.000000423. The van der Waals surface area contributed by atoms with Gasteiger partial charge in [-0.2, -0.15) is 31.6 Å². The Hall–Kier alpha value is -4.20. The molecule has 0 aromatic heterocycles. The van der Waals surface area contributed by atoms with E-state index in [1.807, 2.05) is 111 Å². The molecule has 466 valence electrons. The highest BCUT2D eigenvalue weighted by Crippen LogP contribution is 2.59. The molecule has 10 atom stereocenters. The Labute approximate surface area is 502 Å². The largest absolute Gasteiger partial charge is 0.484 e. The predicted molar refractivity (Wildman–Crippen MR) is 343 cm³/mol. The van der Waals surface area contributed by atoms with Crippen molar-refractivity contribution in [1.29, 1.82) is 31.6 Å². The summed E-state index contributed by atoms with van der Waals surface area (Å²) in [5, 5.41) is 51.5. The van der Waals surface area contributed by atoms with E-state index >= 15 is 0 Å². The van der Waals surface area contributed by atoms with Crippen LogP contribution in [0.3, 0.4) is 0 Å². The molecule has 2 aliphatic heterocycles. The van der Waals surface area contributed by atoms with Gasteiger partial charge in [0, 0.05) is 50.6 Å². The highest BCUT2D eigenvalue weighted by Gasteiger charge is 2.53. The fraction of sp³-hybridized carbons (Fsp3) is 0.884. The molecule has 2 spiro atoms. The maximum Gasteiger partial charge on any atom is 0.183 e. The van der Waals surface area contributed by atoms with E-state index in [-0.39, 0.29) is 40.2 Å². The van der Waals surface area contributed by atoms with E-state index in [4.69, 9.17) is 52.5 Å². The van der Waals surface area contributed by atoms with Gasteiger partial charge in [-0.3, -0.25) is 9.98 Å². The van der Waals surface area contributed by atoms with Crippen LogP contribution < -0.4 is 11.5 Å². The van der Waals surface area contributed by atoms with Crippen LogP contribution in [0.15, 0.2) is 9.98 Å². The van der Waals surface area contributed by atoms with Gasteiger partial charge in [-0.15, -0.1) is 0 Å². The summed E-state index contributed by atoms with van der Waals surface area (Å²) in [5.74, 6) is 4.54. The fourth-order valence-corrected chi connectivity index (χ4v) is 11.7. The molecule has 0 saturated heterocycles. The molecule has 0 radical (unpaired) electrons. The minimum Gasteiger partial charge on any atom is -0.484 e. The Morgan fingerprint density at radius 1 is 0.420 bits per heavy atom. The van der Waals surface area contributed by atoms with Crippen LogP contribution in [-0.2, 0) is 9.47 Å². The van der Waals surface area contributed by atoms with Gasteiger partial charge in [-0.1, -0.05) is 130 Å². The molecule has 4 N–H and O–H groups in total. The molecule has 2 heterocycles. The van der Waals surface area contributed by atoms with Crippen molar-refractivity contribution < 1.29 is 9.47 Å². The molecule has 12 nitrogen and oxygen atoms in total. The van der Waals surface area contributed by atoms with Gasteiger partial charge in [0.15, 0.2) is 11.8 Å². The standard InChI is InChI=1S/C11H19NO.C10H18N2.C10H17NO.C9H16N2.C9H12N2.C8H10N2.6C2H6/c1-8-9(2)12-10(13-3)7-11(8)5-4-6-11;1-8(9(2)12)10(6-7-11)4-3-5-10;1-7-8(2)11-9(12-3)6-10(7)4-5-10;1-7(8(2)11)9(3-4-9)5-6-10;1-8(7-11)9(5-6-10)3-2-4-9;1-7(6-10)8(2-3-8)4-5-9;6*1-2/h8-9H,4-7H2,1-3H3;8-9H,3-6,12H2,1-2H3;7-8H,4-6H2,1-3H3;7-8H,3-5,11H2,1-2H3;8H,2-5H2,1H3;7H,2-4H2,1H3;6*1-2H3. The number of ether oxygens (including phenoxy) is 2. The van der Waals surface area contributed by atoms with Crippen LogP contribution >= 0.6 is 0 Å². The number of nitrogens with zero attached hydrogens (tertiary/aromatic N) is 8. The number of hydrogen-bond acceptors (Lipinski definition) is 12. The molecule has 6 fully saturated rings. The zero-order chi connectivity index (χ0) is 63.8. The number of rotatable bonds is 10. The summed E-state index contributed by atoms with van der Waals surface area (Å²) in [5.41, 5.74) is 13.5. The summed E-state index contributed by atoms with van der Waals surface area (Å²) in [7, 11) is 3.48. The fourth-order valence-electron chi connectivity index (χ4n) is 11.7. The van der Waals surface area contributed by atoms with Crippen LogP contribution in [0.25, 0.3) is 0 Å². The van der Waals surface area contributed by atoms with E-state index in [0.29, 0.717) is 65.8 Å². The molecular formula is C69H128N10O2. The minimum absolute atomic E-state index is 0.0518. The molecule has 0 bridgehead atoms. The topological polar surface area (TPSA) is 238 Å². The second kappa shape index (κ2) is 43.4. The number of nitrogens with two attached hydrogens (primary N) is 2. The summed E-state index contributed by atoms with van der Waals surface area (Å²) in [6.07, 6.45) is 23.1. The second-order valence-electron chi connectivity index (χ2n) is 23.4. The highest BCUT2D eigenvalue weighted by atomic mass is 16.5. The Kier molecular flexibility index (Phi) is 44.7. The number of hydrogen-bond donors (Lipinski definition) is 2. The van der Waals surface area contributed by atoms with Crippen molar-refractivity contribution in [3.05, 3.63) is 0 Å². The van der Waals surface area contributed by atoms with Crippen LogP contribution in [0.4, 0.5) is 0 Å². The Morgan fingerprint density at radius 2 is 0.667 bits per heavy atom. The molecule has 0 amide bonds. The second-order valence-corrected chi connectivity index (χ2v) is 23.4. The predicted octanol–water partition coefficient (Wildman–Crippen LogP) is 18.8. The third-order valence-corrected chi connectivity index (χ3v) is 19.7. The Morgan fingerprint density at radius 3 is 0.852 bits per heavy atom. The maximum absolute atomic E-state index is 8.71. The van der Waals surface area contributed by atoms with Gasteiger partial charge in [-0.25, -0.2) is 0 Å². The van der Waals surface area contributed by atoms with Crippen LogP contribution in [-0.4, -0.2) is 50.2 Å². The van der Waals surface area contributed by atoms with Crippen LogP contribution in [0.1, 0.15) is 287 Å². The molecule has 8 aliphatic rings. The first-order chi connectivity index (χ1) is 38.6. The van der Waals surface area contributed by atoms with E-state index in [2.05, 4.69) is 87.9 Å². The zero-order valence-corrected chi connectivity index (χ0v) is 57.2. The monoisotopic (exact) mass is 1130 g/mol. The van der Waals surface area contributed by atoms with E-state index in [1.165, 1.54) is 70.6 Å². The summed E-state index contributed by atoms with van der Waals surface area (Å²) in [6, 6.07) is 14.6. The molecule has 8 rings (SSSR count). The van der Waals surface area contributed by atoms with Crippen molar-refractivity contribution in [3.8, 4) is 36.4 Å². The number of nitriles is 6. The molecule has 6 aliphatic carbocycles. The maximum atomic E-state index is 8.71. The van der Waals surface area contributed by atoms with Gasteiger partial charge in [0.1, 0.15) is 0 Å². The van der Waals surface area contributed by atoms with Crippen molar-refractivity contribution >= 4 is 11.8 Å². The van der Waals surface area contributed by atoms with Gasteiger partial charge >= 0.3 is 0 Å². The quantitative estimate of drug-likeness (QED) is 0.210. The third kappa shape index (κ3) is 24.9. The van der Waals surface area contributed by atoms with Crippen molar-refractivity contribution in [2.45, 2.75) is 311 Å². The molecule has 6 saturated carbocycles. The van der Waals surface area contributed by atoms with Crippen molar-refractivity contribution in [2.75, 3.05) is 14.2 Å². The van der Waals surface area contributed by atoms with Crippen molar-refractivity contribution in [2.24, 2.45) is 89.4 Å².